The molecule has 2 rings (SSSR count). The first kappa shape index (κ1) is 19.5. The Balaban J connectivity index is 0.00000180. The molecule has 1 aromatic rings. The smallest absolute Gasteiger partial charge is 0.0237 e. The molecule has 1 N–H and O–H groups in total. The predicted molar refractivity (Wildman–Crippen MR) is 93.1 cm³/mol. The van der Waals surface area contributed by atoms with Crippen molar-refractivity contribution in [3.63, 3.8) is 0 Å². The molecular weight excluding hydrogens is 291 g/mol. The van der Waals surface area contributed by atoms with Gasteiger partial charge in [0.05, 0.1) is 0 Å². The minimum absolute atomic E-state index is 0. The molecule has 0 amide bonds. The van der Waals surface area contributed by atoms with Crippen LogP contribution < -0.4 is 5.32 Å². The number of halogens is 2. The van der Waals surface area contributed by atoms with Gasteiger partial charge < -0.3 is 5.32 Å². The van der Waals surface area contributed by atoms with E-state index in [0.29, 0.717) is 0 Å². The van der Waals surface area contributed by atoms with Crippen LogP contribution >= 0.6 is 24.8 Å². The molecule has 1 aromatic carbocycles. The fourth-order valence-corrected chi connectivity index (χ4v) is 2.47. The third kappa shape index (κ3) is 6.27. The Morgan fingerprint density at radius 1 is 1.15 bits per heavy atom. The van der Waals surface area contributed by atoms with Gasteiger partial charge in [-0.15, -0.1) is 24.8 Å². The summed E-state index contributed by atoms with van der Waals surface area (Å²) in [5.41, 5.74) is 2.84. The van der Waals surface area contributed by atoms with Gasteiger partial charge in [0.25, 0.3) is 0 Å². The van der Waals surface area contributed by atoms with Gasteiger partial charge in [-0.2, -0.15) is 0 Å². The van der Waals surface area contributed by atoms with Crippen molar-refractivity contribution < 1.29 is 0 Å². The largest absolute Gasteiger partial charge is 0.315 e. The summed E-state index contributed by atoms with van der Waals surface area (Å²) >= 11 is 0. The third-order valence-corrected chi connectivity index (χ3v) is 3.42. The molecule has 0 aliphatic carbocycles. The zero-order valence-electron chi connectivity index (χ0n) is 12.2. The summed E-state index contributed by atoms with van der Waals surface area (Å²) in [4.78, 5) is 2.56. The van der Waals surface area contributed by atoms with E-state index in [-0.39, 0.29) is 24.8 Å². The van der Waals surface area contributed by atoms with Crippen LogP contribution in [0.3, 0.4) is 0 Å². The van der Waals surface area contributed by atoms with Crippen molar-refractivity contribution in [3.8, 4) is 0 Å². The second-order valence-corrected chi connectivity index (χ2v) is 4.88. The highest BCUT2D eigenvalue weighted by Crippen LogP contribution is 2.16. The second-order valence-electron chi connectivity index (χ2n) is 4.88. The van der Waals surface area contributed by atoms with Crippen LogP contribution in [0.5, 0.6) is 0 Å². The van der Waals surface area contributed by atoms with Gasteiger partial charge in [-0.1, -0.05) is 43.3 Å². The Hall–Kier alpha value is -0.540. The summed E-state index contributed by atoms with van der Waals surface area (Å²) in [6.07, 6.45) is 4.73. The predicted octanol–water partition coefficient (Wildman–Crippen LogP) is 3.62. The molecule has 20 heavy (non-hydrogen) atoms. The van der Waals surface area contributed by atoms with Crippen molar-refractivity contribution in [2.24, 2.45) is 0 Å². The Morgan fingerprint density at radius 3 is 2.60 bits per heavy atom. The van der Waals surface area contributed by atoms with Crippen LogP contribution in [0.4, 0.5) is 0 Å². The van der Waals surface area contributed by atoms with Crippen LogP contribution in [0.25, 0.3) is 5.57 Å². The molecule has 2 nitrogen and oxygen atoms in total. The van der Waals surface area contributed by atoms with Crippen LogP contribution in [0.2, 0.25) is 0 Å². The van der Waals surface area contributed by atoms with Gasteiger partial charge in [0.15, 0.2) is 0 Å². The van der Waals surface area contributed by atoms with Crippen molar-refractivity contribution in [1.29, 1.82) is 0 Å². The summed E-state index contributed by atoms with van der Waals surface area (Å²) in [5.74, 6) is 0. The van der Waals surface area contributed by atoms with Gasteiger partial charge in [-0.25, -0.2) is 0 Å². The van der Waals surface area contributed by atoms with Gasteiger partial charge in [0.2, 0.25) is 0 Å². The highest BCUT2D eigenvalue weighted by atomic mass is 35.5. The second kappa shape index (κ2) is 11.2. The third-order valence-electron chi connectivity index (χ3n) is 3.42. The number of benzene rings is 1. The summed E-state index contributed by atoms with van der Waals surface area (Å²) in [6, 6.07) is 10.8. The van der Waals surface area contributed by atoms with Gasteiger partial charge in [-0.05, 0) is 37.1 Å². The monoisotopic (exact) mass is 316 g/mol. The van der Waals surface area contributed by atoms with Crippen LogP contribution in [-0.2, 0) is 0 Å². The van der Waals surface area contributed by atoms with Crippen molar-refractivity contribution in [3.05, 3.63) is 42.0 Å². The van der Waals surface area contributed by atoms with E-state index >= 15 is 0 Å². The van der Waals surface area contributed by atoms with Crippen molar-refractivity contribution in [1.82, 2.24) is 10.2 Å². The van der Waals surface area contributed by atoms with Crippen LogP contribution in [0.1, 0.15) is 25.3 Å². The maximum absolute atomic E-state index is 3.46. The molecule has 1 aliphatic rings. The minimum Gasteiger partial charge on any atom is -0.315 e. The van der Waals surface area contributed by atoms with Gasteiger partial charge in [-0.3, -0.25) is 4.90 Å². The molecule has 4 heteroatoms. The number of allylic oxidation sites excluding steroid dienone is 1. The standard InChI is InChI=1S/C16H24N2.2ClH/c1-2-7-16(15-8-4-3-5-9-15)14-18-12-6-10-17-11-13-18;;/h3-5,7-9,17H,2,6,10-14H2,1H3;2*1H. The van der Waals surface area contributed by atoms with Crippen molar-refractivity contribution in [2.45, 2.75) is 19.8 Å². The normalized spacial score (nSPS) is 16.8. The van der Waals surface area contributed by atoms with E-state index < -0.39 is 0 Å². The maximum atomic E-state index is 3.46. The Morgan fingerprint density at radius 2 is 1.90 bits per heavy atom. The van der Waals surface area contributed by atoms with E-state index in [9.17, 15) is 0 Å². The van der Waals surface area contributed by atoms with Gasteiger partial charge in [0, 0.05) is 19.6 Å². The number of nitrogens with one attached hydrogen (secondary N) is 1. The zero-order chi connectivity index (χ0) is 12.6. The molecule has 0 saturated carbocycles. The van der Waals surface area contributed by atoms with Gasteiger partial charge in [0.1, 0.15) is 0 Å². The fourth-order valence-electron chi connectivity index (χ4n) is 2.47. The highest BCUT2D eigenvalue weighted by Gasteiger charge is 2.11. The lowest BCUT2D eigenvalue weighted by atomic mass is 10.0. The number of nitrogens with zero attached hydrogens (tertiary/aromatic N) is 1. The van der Waals surface area contributed by atoms with Crippen LogP contribution in [0, 0.1) is 0 Å². The lowest BCUT2D eigenvalue weighted by molar-refractivity contribution is 0.329. The highest BCUT2D eigenvalue weighted by molar-refractivity contribution is 5.85. The van der Waals surface area contributed by atoms with Gasteiger partial charge >= 0.3 is 0 Å². The Labute approximate surface area is 135 Å². The first-order chi connectivity index (χ1) is 8.90. The molecule has 0 spiro atoms. The lowest BCUT2D eigenvalue weighted by Crippen LogP contribution is -2.29. The van der Waals surface area contributed by atoms with Crippen molar-refractivity contribution >= 4 is 30.4 Å². The molecule has 0 radical (unpaired) electrons. The minimum atomic E-state index is 0. The molecule has 1 aliphatic heterocycles. The summed E-state index contributed by atoms with van der Waals surface area (Å²) in [5, 5.41) is 3.46. The lowest BCUT2D eigenvalue weighted by Gasteiger charge is -2.21. The molecule has 1 heterocycles. The molecule has 0 aromatic heterocycles. The first-order valence-corrected chi connectivity index (χ1v) is 7.07. The molecule has 0 bridgehead atoms. The number of hydrogen-bond donors (Lipinski definition) is 1. The van der Waals surface area contributed by atoms with Crippen molar-refractivity contribution in [2.75, 3.05) is 32.7 Å². The van der Waals surface area contributed by atoms with Crippen LogP contribution in [-0.4, -0.2) is 37.6 Å². The maximum Gasteiger partial charge on any atom is 0.0237 e. The summed E-state index contributed by atoms with van der Waals surface area (Å²) in [7, 11) is 0. The molecule has 0 unspecified atom stereocenters. The number of hydrogen-bond acceptors (Lipinski definition) is 2. The van der Waals surface area contributed by atoms with Crippen LogP contribution in [0.15, 0.2) is 36.4 Å². The zero-order valence-corrected chi connectivity index (χ0v) is 13.8. The van der Waals surface area contributed by atoms with E-state index in [1.807, 2.05) is 0 Å². The molecular formula is C16H26Cl2N2. The average molecular weight is 317 g/mol. The molecule has 114 valence electrons. The topological polar surface area (TPSA) is 15.3 Å². The molecule has 1 fully saturated rings. The Kier molecular flexibility index (Phi) is 10.9. The summed E-state index contributed by atoms with van der Waals surface area (Å²) < 4.78 is 0. The summed E-state index contributed by atoms with van der Waals surface area (Å²) in [6.45, 7) is 7.95. The Bertz CT molecular complexity index is 371. The first-order valence-electron chi connectivity index (χ1n) is 7.07. The fraction of sp³-hybridized carbons (Fsp3) is 0.500. The van der Waals surface area contributed by atoms with E-state index in [0.717, 1.165) is 32.6 Å². The quantitative estimate of drug-likeness (QED) is 0.912. The SMILES string of the molecule is CCC=C(CN1CCCNCC1)c1ccccc1.Cl.Cl. The average Bonchev–Trinajstić information content (AvgIpc) is 2.68. The molecule has 0 atom stereocenters. The van der Waals surface area contributed by atoms with E-state index in [1.165, 1.54) is 24.1 Å². The molecule has 1 saturated heterocycles. The van der Waals surface area contributed by atoms with E-state index in [1.54, 1.807) is 0 Å². The number of rotatable bonds is 4. The van der Waals surface area contributed by atoms with E-state index in [2.05, 4.69) is 53.5 Å². The van der Waals surface area contributed by atoms with E-state index in [4.69, 9.17) is 0 Å².